The summed E-state index contributed by atoms with van der Waals surface area (Å²) in [5.74, 6) is 0.476. The van der Waals surface area contributed by atoms with Crippen LogP contribution < -0.4 is 5.32 Å². The van der Waals surface area contributed by atoms with Crippen LogP contribution in [0.1, 0.15) is 11.8 Å². The van der Waals surface area contributed by atoms with Gasteiger partial charge in [0.05, 0.1) is 12.2 Å². The van der Waals surface area contributed by atoms with Gasteiger partial charge in [-0.15, -0.1) is 10.2 Å². The third-order valence-corrected chi connectivity index (χ3v) is 2.16. The molecule has 0 spiro atoms. The molecule has 1 aromatic carbocycles. The Hall–Kier alpha value is -1.62. The molecule has 1 aromatic heterocycles. The van der Waals surface area contributed by atoms with E-state index in [1.807, 2.05) is 0 Å². The Morgan fingerprint density at radius 3 is 2.88 bits per heavy atom. The van der Waals surface area contributed by atoms with Crippen molar-refractivity contribution in [3.8, 4) is 0 Å². The van der Waals surface area contributed by atoms with Gasteiger partial charge in [-0.2, -0.15) is 0 Å². The van der Waals surface area contributed by atoms with E-state index in [-0.39, 0.29) is 6.54 Å². The van der Waals surface area contributed by atoms with Crippen LogP contribution in [-0.4, -0.2) is 10.2 Å². The predicted molar refractivity (Wildman–Crippen MR) is 57.8 cm³/mol. The number of nitrogens with one attached hydrogen (secondary N) is 1. The summed E-state index contributed by atoms with van der Waals surface area (Å²) < 4.78 is 18.5. The number of nitrogens with zero attached hydrogens (tertiary/aromatic N) is 2. The molecule has 2 rings (SSSR count). The quantitative estimate of drug-likeness (QED) is 0.898. The molecule has 0 unspecified atom stereocenters. The van der Waals surface area contributed by atoms with Gasteiger partial charge in [0.2, 0.25) is 11.8 Å². The van der Waals surface area contributed by atoms with Gasteiger partial charge in [-0.25, -0.2) is 4.39 Å². The minimum atomic E-state index is -0.413. The van der Waals surface area contributed by atoms with E-state index >= 15 is 0 Å². The third-order valence-electron chi connectivity index (χ3n) is 1.93. The highest BCUT2D eigenvalue weighted by Gasteiger charge is 2.05. The predicted octanol–water partition coefficient (Wildman–Crippen LogP) is 2.78. The smallest absolute Gasteiger partial charge is 0.235 e. The van der Waals surface area contributed by atoms with E-state index < -0.39 is 5.82 Å². The largest absolute Gasteiger partial charge is 0.424 e. The van der Waals surface area contributed by atoms with Crippen molar-refractivity contribution in [2.24, 2.45) is 0 Å². The van der Waals surface area contributed by atoms with Gasteiger partial charge in [-0.3, -0.25) is 0 Å². The van der Waals surface area contributed by atoms with Gasteiger partial charge < -0.3 is 9.73 Å². The molecular formula is C10H9ClFN3O. The second-order valence-corrected chi connectivity index (χ2v) is 3.63. The van der Waals surface area contributed by atoms with E-state index in [1.54, 1.807) is 19.1 Å². The molecule has 4 nitrogen and oxygen atoms in total. The Labute approximate surface area is 96.4 Å². The highest BCUT2D eigenvalue weighted by atomic mass is 35.5. The Morgan fingerprint density at radius 1 is 1.44 bits per heavy atom. The number of hydrogen-bond acceptors (Lipinski definition) is 4. The van der Waals surface area contributed by atoms with Gasteiger partial charge >= 0.3 is 0 Å². The maximum atomic E-state index is 13.3. The summed E-state index contributed by atoms with van der Waals surface area (Å²) in [5.41, 5.74) is 0.347. The standard InChI is InChI=1S/C10H9ClFN3O/c1-6-14-15-10(16-6)5-13-9-3-2-7(11)4-8(9)12/h2-4,13H,5H2,1H3. The molecule has 0 saturated heterocycles. The number of aryl methyl sites for hydroxylation is 1. The van der Waals surface area contributed by atoms with E-state index in [0.717, 1.165) is 0 Å². The van der Waals surface area contributed by atoms with Crippen LogP contribution in [0.4, 0.5) is 10.1 Å². The summed E-state index contributed by atoms with van der Waals surface area (Å²) in [5, 5.41) is 10.6. The van der Waals surface area contributed by atoms with Crippen LogP contribution >= 0.6 is 11.6 Å². The number of rotatable bonds is 3. The van der Waals surface area contributed by atoms with Gasteiger partial charge in [0, 0.05) is 11.9 Å². The number of aromatic nitrogens is 2. The maximum absolute atomic E-state index is 13.3. The van der Waals surface area contributed by atoms with Gasteiger partial charge in [-0.1, -0.05) is 11.6 Å². The van der Waals surface area contributed by atoms with E-state index in [9.17, 15) is 4.39 Å². The lowest BCUT2D eigenvalue weighted by Crippen LogP contribution is -2.01. The Balaban J connectivity index is 2.04. The average molecular weight is 242 g/mol. The first-order valence-corrected chi connectivity index (χ1v) is 5.01. The molecule has 2 aromatic rings. The normalized spacial score (nSPS) is 10.4. The number of anilines is 1. The van der Waals surface area contributed by atoms with Crippen LogP contribution in [0, 0.1) is 12.7 Å². The molecule has 0 fully saturated rings. The fourth-order valence-electron chi connectivity index (χ4n) is 1.21. The zero-order valence-corrected chi connectivity index (χ0v) is 9.25. The zero-order chi connectivity index (χ0) is 11.5. The minimum absolute atomic E-state index is 0.277. The van der Waals surface area contributed by atoms with Gasteiger partial charge in [0.15, 0.2) is 0 Å². The first-order valence-electron chi connectivity index (χ1n) is 4.63. The number of hydrogen-bond donors (Lipinski definition) is 1. The van der Waals surface area contributed by atoms with Gasteiger partial charge in [-0.05, 0) is 18.2 Å². The van der Waals surface area contributed by atoms with E-state index in [4.69, 9.17) is 16.0 Å². The van der Waals surface area contributed by atoms with Gasteiger partial charge in [0.25, 0.3) is 0 Å². The first kappa shape index (κ1) is 10.9. The van der Waals surface area contributed by atoms with Crippen LogP contribution in [0.15, 0.2) is 22.6 Å². The topological polar surface area (TPSA) is 51.0 Å². The first-order chi connectivity index (χ1) is 7.65. The van der Waals surface area contributed by atoms with Crippen molar-refractivity contribution in [1.29, 1.82) is 0 Å². The molecule has 0 aliphatic carbocycles. The second-order valence-electron chi connectivity index (χ2n) is 3.19. The molecule has 0 saturated carbocycles. The Bertz CT molecular complexity index is 501. The minimum Gasteiger partial charge on any atom is -0.424 e. The molecule has 84 valence electrons. The van der Waals surface area contributed by atoms with Crippen LogP contribution in [0.25, 0.3) is 0 Å². The van der Waals surface area contributed by atoms with Crippen LogP contribution in [0.5, 0.6) is 0 Å². The van der Waals surface area contributed by atoms with Crippen molar-refractivity contribution in [3.05, 3.63) is 40.8 Å². The third kappa shape index (κ3) is 2.49. The summed E-state index contributed by atoms with van der Waals surface area (Å²) in [6, 6.07) is 4.40. The molecule has 0 aliphatic rings. The lowest BCUT2D eigenvalue weighted by atomic mass is 10.3. The highest BCUT2D eigenvalue weighted by Crippen LogP contribution is 2.19. The van der Waals surface area contributed by atoms with E-state index in [1.165, 1.54) is 6.07 Å². The molecule has 16 heavy (non-hydrogen) atoms. The number of benzene rings is 1. The second kappa shape index (κ2) is 4.49. The maximum Gasteiger partial charge on any atom is 0.235 e. The molecule has 6 heteroatoms. The average Bonchev–Trinajstić information content (AvgIpc) is 2.63. The molecule has 1 heterocycles. The monoisotopic (exact) mass is 241 g/mol. The van der Waals surface area contributed by atoms with Crippen molar-refractivity contribution in [2.45, 2.75) is 13.5 Å². The number of halogens is 2. The molecule has 0 bridgehead atoms. The summed E-state index contributed by atoms with van der Waals surface area (Å²) in [6.07, 6.45) is 0. The molecule has 0 aliphatic heterocycles. The fourth-order valence-corrected chi connectivity index (χ4v) is 1.37. The zero-order valence-electron chi connectivity index (χ0n) is 8.50. The molecule has 0 atom stereocenters. The summed E-state index contributed by atoms with van der Waals surface area (Å²) in [7, 11) is 0. The fraction of sp³-hybridized carbons (Fsp3) is 0.200. The Kier molecular flexibility index (Phi) is 3.05. The molecule has 1 N–H and O–H groups in total. The summed E-state index contributed by atoms with van der Waals surface area (Å²) in [4.78, 5) is 0. The lowest BCUT2D eigenvalue weighted by Gasteiger charge is -2.04. The molecule has 0 radical (unpaired) electrons. The van der Waals surface area contributed by atoms with Crippen LogP contribution in [0.3, 0.4) is 0 Å². The van der Waals surface area contributed by atoms with Crippen molar-refractivity contribution >= 4 is 17.3 Å². The Morgan fingerprint density at radius 2 is 2.25 bits per heavy atom. The summed E-state index contributed by atoms with van der Waals surface area (Å²) in [6.45, 7) is 1.97. The SMILES string of the molecule is Cc1nnc(CNc2ccc(Cl)cc2F)o1. The molecular weight excluding hydrogens is 233 g/mol. The van der Waals surface area contributed by atoms with Crippen molar-refractivity contribution in [1.82, 2.24) is 10.2 Å². The van der Waals surface area contributed by atoms with Crippen LogP contribution in [-0.2, 0) is 6.54 Å². The van der Waals surface area contributed by atoms with E-state index in [2.05, 4.69) is 15.5 Å². The van der Waals surface area contributed by atoms with Crippen molar-refractivity contribution in [2.75, 3.05) is 5.32 Å². The summed E-state index contributed by atoms with van der Waals surface area (Å²) >= 11 is 5.63. The highest BCUT2D eigenvalue weighted by molar-refractivity contribution is 6.30. The van der Waals surface area contributed by atoms with Crippen molar-refractivity contribution < 1.29 is 8.81 Å². The van der Waals surface area contributed by atoms with Crippen LogP contribution in [0.2, 0.25) is 5.02 Å². The van der Waals surface area contributed by atoms with Gasteiger partial charge in [0.1, 0.15) is 5.82 Å². The lowest BCUT2D eigenvalue weighted by molar-refractivity contribution is 0.474. The van der Waals surface area contributed by atoms with E-state index in [0.29, 0.717) is 22.5 Å². The molecule has 0 amide bonds. The van der Waals surface area contributed by atoms with Crippen molar-refractivity contribution in [3.63, 3.8) is 0 Å².